The Morgan fingerprint density at radius 3 is 2.64 bits per heavy atom. The van der Waals surface area contributed by atoms with E-state index in [-0.39, 0.29) is 11.9 Å². The van der Waals surface area contributed by atoms with E-state index in [9.17, 15) is 9.00 Å². The van der Waals surface area contributed by atoms with Gasteiger partial charge in [-0.25, -0.2) is 0 Å². The number of unbranched alkanes of at least 4 members (excludes halogenated alkanes) is 1. The Morgan fingerprint density at radius 2 is 2.14 bits per heavy atom. The average molecular weight is 284 g/mol. The molecule has 14 heavy (non-hydrogen) atoms. The second-order valence-electron chi connectivity index (χ2n) is 3.35. The standard InChI is InChI=1S/C9H18BrNO2S/c1-8(7-14(2)13)11-9(12)5-3-4-6-10/h8H,3-7H2,1-2H3,(H,11,12). The lowest BCUT2D eigenvalue weighted by Gasteiger charge is -2.11. The Kier molecular flexibility index (Phi) is 8.47. The highest BCUT2D eigenvalue weighted by Crippen LogP contribution is 1.98. The van der Waals surface area contributed by atoms with Crippen molar-refractivity contribution in [2.24, 2.45) is 0 Å². The van der Waals surface area contributed by atoms with Crippen molar-refractivity contribution in [2.75, 3.05) is 17.3 Å². The number of hydrogen-bond donors (Lipinski definition) is 1. The monoisotopic (exact) mass is 283 g/mol. The summed E-state index contributed by atoms with van der Waals surface area (Å²) in [5.74, 6) is 0.591. The van der Waals surface area contributed by atoms with E-state index in [0.717, 1.165) is 18.2 Å². The molecule has 84 valence electrons. The molecule has 2 atom stereocenters. The SMILES string of the molecule is CC(CS(C)=O)NC(=O)CCCCBr. The molecule has 0 spiro atoms. The van der Waals surface area contributed by atoms with E-state index in [1.54, 1.807) is 6.26 Å². The van der Waals surface area contributed by atoms with Gasteiger partial charge in [-0.05, 0) is 19.8 Å². The molecule has 0 aliphatic rings. The summed E-state index contributed by atoms with van der Waals surface area (Å²) in [5.41, 5.74) is 0. The minimum Gasteiger partial charge on any atom is -0.353 e. The molecule has 5 heteroatoms. The molecule has 1 amide bonds. The van der Waals surface area contributed by atoms with Gasteiger partial charge < -0.3 is 5.32 Å². The normalized spacial score (nSPS) is 14.8. The van der Waals surface area contributed by atoms with Gasteiger partial charge in [-0.1, -0.05) is 15.9 Å². The highest BCUT2D eigenvalue weighted by molar-refractivity contribution is 9.09. The lowest BCUT2D eigenvalue weighted by molar-refractivity contribution is -0.121. The van der Waals surface area contributed by atoms with Crippen LogP contribution in [0.2, 0.25) is 0 Å². The Morgan fingerprint density at radius 1 is 1.50 bits per heavy atom. The van der Waals surface area contributed by atoms with Crippen LogP contribution in [-0.2, 0) is 15.6 Å². The van der Waals surface area contributed by atoms with Crippen LogP contribution in [0.3, 0.4) is 0 Å². The fourth-order valence-corrected chi connectivity index (χ4v) is 2.30. The van der Waals surface area contributed by atoms with Gasteiger partial charge in [-0.15, -0.1) is 0 Å². The second kappa shape index (κ2) is 8.41. The number of carbonyl (C=O) groups is 1. The van der Waals surface area contributed by atoms with Crippen molar-refractivity contribution in [3.05, 3.63) is 0 Å². The molecule has 0 aromatic heterocycles. The van der Waals surface area contributed by atoms with Gasteiger partial charge in [-0.3, -0.25) is 9.00 Å². The molecule has 1 N–H and O–H groups in total. The van der Waals surface area contributed by atoms with Crippen LogP contribution in [0.5, 0.6) is 0 Å². The number of hydrogen-bond acceptors (Lipinski definition) is 2. The lowest BCUT2D eigenvalue weighted by Crippen LogP contribution is -2.36. The van der Waals surface area contributed by atoms with Crippen molar-refractivity contribution < 1.29 is 9.00 Å². The Bertz CT molecular complexity index is 199. The van der Waals surface area contributed by atoms with Crippen molar-refractivity contribution in [1.82, 2.24) is 5.32 Å². The topological polar surface area (TPSA) is 46.2 Å². The molecular weight excluding hydrogens is 266 g/mol. The molecule has 2 unspecified atom stereocenters. The fraction of sp³-hybridized carbons (Fsp3) is 0.889. The van der Waals surface area contributed by atoms with E-state index in [0.29, 0.717) is 12.2 Å². The lowest BCUT2D eigenvalue weighted by atomic mass is 10.2. The van der Waals surface area contributed by atoms with Gasteiger partial charge in [0.2, 0.25) is 5.91 Å². The molecule has 0 aromatic rings. The predicted molar refractivity (Wildman–Crippen MR) is 64.2 cm³/mol. The smallest absolute Gasteiger partial charge is 0.220 e. The van der Waals surface area contributed by atoms with Crippen LogP contribution in [0.15, 0.2) is 0 Å². The molecule has 0 saturated carbocycles. The number of nitrogens with one attached hydrogen (secondary N) is 1. The summed E-state index contributed by atoms with van der Waals surface area (Å²) in [6.07, 6.45) is 4.13. The molecule has 0 aliphatic heterocycles. The van der Waals surface area contributed by atoms with Gasteiger partial charge in [0, 0.05) is 40.6 Å². The zero-order valence-corrected chi connectivity index (χ0v) is 11.1. The molecule has 0 heterocycles. The van der Waals surface area contributed by atoms with E-state index >= 15 is 0 Å². The van der Waals surface area contributed by atoms with Gasteiger partial charge in [0.1, 0.15) is 0 Å². The molecule has 0 rings (SSSR count). The van der Waals surface area contributed by atoms with Crippen molar-refractivity contribution in [2.45, 2.75) is 32.2 Å². The first kappa shape index (κ1) is 14.1. The van der Waals surface area contributed by atoms with Crippen LogP contribution in [0.1, 0.15) is 26.2 Å². The minimum absolute atomic E-state index is 0.0114. The first-order valence-electron chi connectivity index (χ1n) is 4.71. The van der Waals surface area contributed by atoms with E-state index in [1.807, 2.05) is 6.92 Å². The van der Waals surface area contributed by atoms with Crippen LogP contribution in [0.4, 0.5) is 0 Å². The highest BCUT2D eigenvalue weighted by atomic mass is 79.9. The zero-order chi connectivity index (χ0) is 11.0. The third-order valence-electron chi connectivity index (χ3n) is 1.68. The van der Waals surface area contributed by atoms with Crippen LogP contribution >= 0.6 is 15.9 Å². The van der Waals surface area contributed by atoms with E-state index in [2.05, 4.69) is 21.2 Å². The molecule has 0 saturated heterocycles. The predicted octanol–water partition coefficient (Wildman–Crippen LogP) is 1.43. The quantitative estimate of drug-likeness (QED) is 0.568. The third kappa shape index (κ3) is 8.69. The van der Waals surface area contributed by atoms with Crippen molar-refractivity contribution in [1.29, 1.82) is 0 Å². The highest BCUT2D eigenvalue weighted by Gasteiger charge is 2.07. The first-order chi connectivity index (χ1) is 6.56. The first-order valence-corrected chi connectivity index (χ1v) is 7.56. The average Bonchev–Trinajstić information content (AvgIpc) is 2.02. The second-order valence-corrected chi connectivity index (χ2v) is 5.63. The number of alkyl halides is 1. The summed E-state index contributed by atoms with van der Waals surface area (Å²) in [6.45, 7) is 1.88. The molecule has 0 bridgehead atoms. The Hall–Kier alpha value is 0.1000. The van der Waals surface area contributed by atoms with Gasteiger partial charge in [0.25, 0.3) is 0 Å². The number of amides is 1. The Balaban J connectivity index is 3.55. The van der Waals surface area contributed by atoms with E-state index in [4.69, 9.17) is 0 Å². The number of halogens is 1. The van der Waals surface area contributed by atoms with Gasteiger partial charge in [0.15, 0.2) is 0 Å². The fourth-order valence-electron chi connectivity index (χ4n) is 1.12. The van der Waals surface area contributed by atoms with Gasteiger partial charge in [0.05, 0.1) is 0 Å². The molecule has 0 aromatic carbocycles. The van der Waals surface area contributed by atoms with Crippen molar-refractivity contribution in [3.63, 3.8) is 0 Å². The van der Waals surface area contributed by atoms with Crippen LogP contribution in [0.25, 0.3) is 0 Å². The summed E-state index contributed by atoms with van der Waals surface area (Å²) in [7, 11) is -0.842. The van der Waals surface area contributed by atoms with Crippen LogP contribution < -0.4 is 5.32 Å². The Labute approximate surface area is 96.6 Å². The maximum Gasteiger partial charge on any atom is 0.220 e. The molecular formula is C9H18BrNO2S. The summed E-state index contributed by atoms with van der Waals surface area (Å²) in [5, 5.41) is 3.76. The largest absolute Gasteiger partial charge is 0.353 e. The van der Waals surface area contributed by atoms with E-state index in [1.165, 1.54) is 0 Å². The summed E-state index contributed by atoms with van der Waals surface area (Å²) in [4.78, 5) is 11.3. The molecule has 0 radical (unpaired) electrons. The molecule has 3 nitrogen and oxygen atoms in total. The maximum atomic E-state index is 11.3. The van der Waals surface area contributed by atoms with Crippen LogP contribution in [0, 0.1) is 0 Å². The van der Waals surface area contributed by atoms with Crippen molar-refractivity contribution in [3.8, 4) is 0 Å². The van der Waals surface area contributed by atoms with E-state index < -0.39 is 10.8 Å². The summed E-state index contributed by atoms with van der Waals surface area (Å²) >= 11 is 3.31. The van der Waals surface area contributed by atoms with Gasteiger partial charge >= 0.3 is 0 Å². The third-order valence-corrected chi connectivity index (χ3v) is 3.21. The minimum atomic E-state index is -0.842. The van der Waals surface area contributed by atoms with Gasteiger partial charge in [-0.2, -0.15) is 0 Å². The number of carbonyl (C=O) groups excluding carboxylic acids is 1. The summed E-state index contributed by atoms with van der Waals surface area (Å²) in [6, 6.07) is 0.0114. The van der Waals surface area contributed by atoms with Crippen molar-refractivity contribution >= 4 is 32.6 Å². The zero-order valence-electron chi connectivity index (χ0n) is 8.72. The van der Waals surface area contributed by atoms with Crippen LogP contribution in [-0.4, -0.2) is 33.5 Å². The number of rotatable bonds is 7. The molecule has 0 fully saturated rings. The maximum absolute atomic E-state index is 11.3. The summed E-state index contributed by atoms with van der Waals surface area (Å²) < 4.78 is 10.8. The molecule has 0 aliphatic carbocycles.